The number of ether oxygens (including phenoxy) is 2. The summed E-state index contributed by atoms with van der Waals surface area (Å²) in [5, 5.41) is 0. The van der Waals surface area contributed by atoms with Crippen LogP contribution in [0.1, 0.15) is 69.6 Å². The van der Waals surface area contributed by atoms with Gasteiger partial charge in [0.2, 0.25) is 6.29 Å². The van der Waals surface area contributed by atoms with E-state index in [0.717, 1.165) is 5.75 Å². The highest BCUT2D eigenvalue weighted by atomic mass is 16.7. The maximum Gasteiger partial charge on any atom is 0.210 e. The smallest absolute Gasteiger partial charge is 0.210 e. The number of benzene rings is 3. The molecule has 32 heavy (non-hydrogen) atoms. The molecule has 2 unspecified atom stereocenters. The van der Waals surface area contributed by atoms with Gasteiger partial charge in [0, 0.05) is 6.61 Å². The molecular weight excluding hydrogens is 392 g/mol. The molecule has 3 aromatic rings. The lowest BCUT2D eigenvalue weighted by Gasteiger charge is -2.28. The molecule has 0 heterocycles. The van der Waals surface area contributed by atoms with Crippen LogP contribution >= 0.6 is 0 Å². The molecule has 2 nitrogen and oxygen atoms in total. The molecule has 0 aliphatic heterocycles. The minimum absolute atomic E-state index is 0.0579. The zero-order valence-corrected chi connectivity index (χ0v) is 20.0. The van der Waals surface area contributed by atoms with E-state index in [0.29, 0.717) is 24.4 Å². The highest BCUT2D eigenvalue weighted by Crippen LogP contribution is 2.47. The van der Waals surface area contributed by atoms with Gasteiger partial charge in [0.05, 0.1) is 5.92 Å². The molecule has 2 atom stereocenters. The van der Waals surface area contributed by atoms with Crippen molar-refractivity contribution in [2.75, 3.05) is 6.61 Å². The molecular formula is C30H36O2. The molecule has 0 saturated heterocycles. The first-order valence-electron chi connectivity index (χ1n) is 12.1. The van der Waals surface area contributed by atoms with Crippen LogP contribution in [0.2, 0.25) is 0 Å². The molecule has 0 aromatic heterocycles. The van der Waals surface area contributed by atoms with Gasteiger partial charge < -0.3 is 9.47 Å². The molecule has 168 valence electrons. The van der Waals surface area contributed by atoms with Crippen molar-refractivity contribution >= 4 is 0 Å². The minimum Gasteiger partial charge on any atom is -0.464 e. The second-order valence-electron chi connectivity index (χ2n) is 9.65. The Morgan fingerprint density at radius 3 is 1.97 bits per heavy atom. The molecule has 0 bridgehead atoms. The second-order valence-corrected chi connectivity index (χ2v) is 9.65. The first-order valence-corrected chi connectivity index (χ1v) is 12.1. The Hall–Kier alpha value is -2.58. The van der Waals surface area contributed by atoms with Crippen molar-refractivity contribution in [1.29, 1.82) is 0 Å². The van der Waals surface area contributed by atoms with Gasteiger partial charge >= 0.3 is 0 Å². The van der Waals surface area contributed by atoms with Crippen LogP contribution in [-0.4, -0.2) is 12.9 Å². The topological polar surface area (TPSA) is 18.5 Å². The fourth-order valence-corrected chi connectivity index (χ4v) is 5.10. The summed E-state index contributed by atoms with van der Waals surface area (Å²) in [5.74, 6) is 2.72. The number of fused-ring (bicyclic) bond motifs is 3. The molecule has 0 fully saturated rings. The highest BCUT2D eigenvalue weighted by Gasteiger charge is 2.36. The summed E-state index contributed by atoms with van der Waals surface area (Å²) in [5.41, 5.74) is 6.49. The third-order valence-electron chi connectivity index (χ3n) is 6.55. The molecule has 3 aromatic carbocycles. The lowest BCUT2D eigenvalue weighted by atomic mass is 9.82. The van der Waals surface area contributed by atoms with Crippen molar-refractivity contribution in [3.8, 4) is 16.9 Å². The molecule has 0 N–H and O–H groups in total. The van der Waals surface area contributed by atoms with E-state index in [4.69, 9.17) is 9.47 Å². The lowest BCUT2D eigenvalue weighted by molar-refractivity contribution is -0.0841. The van der Waals surface area contributed by atoms with Gasteiger partial charge in [0.1, 0.15) is 5.75 Å². The molecule has 0 saturated carbocycles. The van der Waals surface area contributed by atoms with E-state index in [1.54, 1.807) is 0 Å². The molecule has 4 rings (SSSR count). The third-order valence-corrected chi connectivity index (χ3v) is 6.55. The first-order chi connectivity index (χ1) is 15.5. The Morgan fingerprint density at radius 2 is 1.41 bits per heavy atom. The van der Waals surface area contributed by atoms with Crippen LogP contribution in [0, 0.1) is 11.8 Å². The predicted molar refractivity (Wildman–Crippen MR) is 133 cm³/mol. The Bertz CT molecular complexity index is 991. The summed E-state index contributed by atoms with van der Waals surface area (Å²) in [7, 11) is 0. The normalized spacial score (nSPS) is 15.0. The van der Waals surface area contributed by atoms with Gasteiger partial charge in [0.25, 0.3) is 0 Å². The maximum atomic E-state index is 6.61. The van der Waals surface area contributed by atoms with E-state index < -0.39 is 0 Å². The largest absolute Gasteiger partial charge is 0.464 e. The minimum atomic E-state index is -0.373. The van der Waals surface area contributed by atoms with Crippen molar-refractivity contribution < 1.29 is 9.47 Å². The van der Waals surface area contributed by atoms with Crippen molar-refractivity contribution in [3.63, 3.8) is 0 Å². The van der Waals surface area contributed by atoms with Crippen LogP contribution in [0.15, 0.2) is 72.8 Å². The fourth-order valence-electron chi connectivity index (χ4n) is 5.10. The van der Waals surface area contributed by atoms with Gasteiger partial charge in [0.15, 0.2) is 0 Å². The summed E-state index contributed by atoms with van der Waals surface area (Å²) in [6, 6.07) is 25.9. The van der Waals surface area contributed by atoms with Crippen LogP contribution in [0.5, 0.6) is 5.75 Å². The maximum absolute atomic E-state index is 6.61. The van der Waals surface area contributed by atoms with Gasteiger partial charge in [-0.15, -0.1) is 0 Å². The summed E-state index contributed by atoms with van der Waals surface area (Å²) < 4.78 is 12.8. The average molecular weight is 429 g/mol. The van der Waals surface area contributed by atoms with Crippen LogP contribution < -0.4 is 4.74 Å². The SMILES string of the molecule is CCOC(Oc1cccc(C(CC(C)C)C(C)C)c1)C1c2ccccc2-c2ccccc21. The first kappa shape index (κ1) is 22.6. The van der Waals surface area contributed by atoms with E-state index in [1.807, 2.05) is 6.92 Å². The van der Waals surface area contributed by atoms with Crippen molar-refractivity contribution in [2.45, 2.75) is 59.2 Å². The Balaban J connectivity index is 1.67. The zero-order chi connectivity index (χ0) is 22.7. The van der Waals surface area contributed by atoms with E-state index in [9.17, 15) is 0 Å². The summed E-state index contributed by atoms with van der Waals surface area (Å²) in [4.78, 5) is 0. The van der Waals surface area contributed by atoms with Gasteiger partial charge in [-0.3, -0.25) is 0 Å². The van der Waals surface area contributed by atoms with Crippen LogP contribution in [-0.2, 0) is 4.74 Å². The van der Waals surface area contributed by atoms with Crippen LogP contribution in [0.25, 0.3) is 11.1 Å². The van der Waals surface area contributed by atoms with Gasteiger partial charge in [-0.1, -0.05) is 88.4 Å². The zero-order valence-electron chi connectivity index (χ0n) is 20.0. The van der Waals surface area contributed by atoms with E-state index >= 15 is 0 Å². The Kier molecular flexibility index (Phi) is 7.01. The third kappa shape index (κ3) is 4.61. The highest BCUT2D eigenvalue weighted by molar-refractivity contribution is 5.79. The number of hydrogen-bond donors (Lipinski definition) is 0. The average Bonchev–Trinajstić information content (AvgIpc) is 3.11. The molecule has 0 amide bonds. The van der Waals surface area contributed by atoms with E-state index in [1.165, 1.54) is 34.2 Å². The van der Waals surface area contributed by atoms with Crippen molar-refractivity contribution in [3.05, 3.63) is 89.5 Å². The summed E-state index contributed by atoms with van der Waals surface area (Å²) in [6.45, 7) is 11.9. The quantitative estimate of drug-likeness (QED) is 0.321. The Labute approximate surface area is 193 Å². The van der Waals surface area contributed by atoms with Crippen molar-refractivity contribution in [1.82, 2.24) is 0 Å². The van der Waals surface area contributed by atoms with Gasteiger partial charge in [-0.25, -0.2) is 0 Å². The van der Waals surface area contributed by atoms with Crippen LogP contribution in [0.3, 0.4) is 0 Å². The number of hydrogen-bond acceptors (Lipinski definition) is 2. The molecule has 1 aliphatic rings. The van der Waals surface area contributed by atoms with Gasteiger partial charge in [-0.2, -0.15) is 0 Å². The molecule has 0 radical (unpaired) electrons. The molecule has 1 aliphatic carbocycles. The summed E-state index contributed by atoms with van der Waals surface area (Å²) >= 11 is 0. The standard InChI is InChI=1S/C30H36O2/c1-6-31-30(29-26-16-9-7-14-24(26)25-15-8-10-17-27(25)29)32-23-13-11-12-22(19-23)28(21(4)5)18-20(2)3/h7-17,19-21,28-30H,6,18H2,1-5H3. The fraction of sp³-hybridized carbons (Fsp3) is 0.400. The van der Waals surface area contributed by atoms with Crippen molar-refractivity contribution in [2.24, 2.45) is 11.8 Å². The molecule has 2 heteroatoms. The van der Waals surface area contributed by atoms with Crippen LogP contribution in [0.4, 0.5) is 0 Å². The van der Waals surface area contributed by atoms with E-state index in [-0.39, 0.29) is 12.2 Å². The monoisotopic (exact) mass is 428 g/mol. The molecule has 0 spiro atoms. The summed E-state index contributed by atoms with van der Waals surface area (Å²) in [6.07, 6.45) is 0.807. The second kappa shape index (κ2) is 9.92. The van der Waals surface area contributed by atoms with E-state index in [2.05, 4.69) is 100 Å². The van der Waals surface area contributed by atoms with Gasteiger partial charge in [-0.05, 0) is 71.0 Å². The Morgan fingerprint density at radius 1 is 0.781 bits per heavy atom. The predicted octanol–water partition coefficient (Wildman–Crippen LogP) is 8.03. The lowest BCUT2D eigenvalue weighted by Crippen LogP contribution is -2.28. The number of rotatable bonds is 9.